The van der Waals surface area contributed by atoms with E-state index in [1.54, 1.807) is 6.07 Å². The number of hydrogen-bond donors (Lipinski definition) is 1. The Labute approximate surface area is 136 Å². The van der Waals surface area contributed by atoms with Crippen LogP contribution >= 0.6 is 0 Å². The smallest absolute Gasteiger partial charge is 0.257 e. The standard InChI is InChI=1S/C19H22FNO2/c1-13-9-14(2)19(15(3)10-13)23-12-18(22)21-8-7-16-5-4-6-17(20)11-16/h4-6,9-11H,7-8,12H2,1-3H3,(H,21,22). The normalized spacial score (nSPS) is 10.4. The molecule has 0 fully saturated rings. The van der Waals surface area contributed by atoms with E-state index >= 15 is 0 Å². The molecule has 2 rings (SSSR count). The van der Waals surface area contributed by atoms with Crippen LogP contribution in [0.5, 0.6) is 5.75 Å². The Morgan fingerprint density at radius 1 is 1.13 bits per heavy atom. The first-order valence-electron chi connectivity index (χ1n) is 7.67. The predicted octanol–water partition coefficient (Wildman–Crippen LogP) is 3.49. The van der Waals surface area contributed by atoms with E-state index in [1.165, 1.54) is 17.7 Å². The zero-order chi connectivity index (χ0) is 16.8. The van der Waals surface area contributed by atoms with Crippen molar-refractivity contribution < 1.29 is 13.9 Å². The van der Waals surface area contributed by atoms with E-state index in [0.717, 1.165) is 22.4 Å². The summed E-state index contributed by atoms with van der Waals surface area (Å²) in [4.78, 5) is 11.9. The molecule has 0 radical (unpaired) electrons. The summed E-state index contributed by atoms with van der Waals surface area (Å²) in [6.07, 6.45) is 0.589. The maximum atomic E-state index is 13.1. The van der Waals surface area contributed by atoms with Crippen molar-refractivity contribution in [3.8, 4) is 5.75 Å². The van der Waals surface area contributed by atoms with Crippen molar-refractivity contribution in [2.24, 2.45) is 0 Å². The Morgan fingerprint density at radius 3 is 2.48 bits per heavy atom. The summed E-state index contributed by atoms with van der Waals surface area (Å²) < 4.78 is 18.7. The Morgan fingerprint density at radius 2 is 1.83 bits per heavy atom. The molecule has 122 valence electrons. The van der Waals surface area contributed by atoms with Crippen molar-refractivity contribution in [3.05, 3.63) is 64.5 Å². The van der Waals surface area contributed by atoms with Crippen molar-refractivity contribution >= 4 is 5.91 Å². The number of ether oxygens (including phenoxy) is 1. The minimum absolute atomic E-state index is 0.0199. The number of hydrogen-bond acceptors (Lipinski definition) is 2. The number of halogens is 1. The van der Waals surface area contributed by atoms with E-state index in [4.69, 9.17) is 4.74 Å². The number of carbonyl (C=O) groups excluding carboxylic acids is 1. The summed E-state index contributed by atoms with van der Waals surface area (Å²) in [6.45, 7) is 6.41. The first-order chi connectivity index (χ1) is 11.0. The maximum Gasteiger partial charge on any atom is 0.257 e. The van der Waals surface area contributed by atoms with Gasteiger partial charge in [0.1, 0.15) is 11.6 Å². The highest BCUT2D eigenvalue weighted by Gasteiger charge is 2.08. The highest BCUT2D eigenvalue weighted by atomic mass is 19.1. The average molecular weight is 315 g/mol. The number of aryl methyl sites for hydroxylation is 3. The number of nitrogens with one attached hydrogen (secondary N) is 1. The summed E-state index contributed by atoms with van der Waals surface area (Å²) in [6, 6.07) is 10.4. The van der Waals surface area contributed by atoms with Gasteiger partial charge in [-0.15, -0.1) is 0 Å². The molecular weight excluding hydrogens is 293 g/mol. The van der Waals surface area contributed by atoms with E-state index in [-0.39, 0.29) is 18.3 Å². The van der Waals surface area contributed by atoms with Gasteiger partial charge in [0.25, 0.3) is 5.91 Å². The second kappa shape index (κ2) is 7.77. The fraction of sp³-hybridized carbons (Fsp3) is 0.316. The topological polar surface area (TPSA) is 38.3 Å². The molecule has 2 aromatic rings. The molecule has 0 aliphatic heterocycles. The van der Waals surface area contributed by atoms with Crippen LogP contribution in [0.4, 0.5) is 4.39 Å². The van der Waals surface area contributed by atoms with Crippen LogP contribution in [0.25, 0.3) is 0 Å². The van der Waals surface area contributed by atoms with Crippen LogP contribution in [-0.4, -0.2) is 19.1 Å². The predicted molar refractivity (Wildman–Crippen MR) is 89.3 cm³/mol. The van der Waals surface area contributed by atoms with Crippen LogP contribution < -0.4 is 10.1 Å². The first-order valence-corrected chi connectivity index (χ1v) is 7.67. The Kier molecular flexibility index (Phi) is 5.74. The highest BCUT2D eigenvalue weighted by Crippen LogP contribution is 2.24. The maximum absolute atomic E-state index is 13.1. The fourth-order valence-electron chi connectivity index (χ4n) is 2.62. The molecular formula is C19H22FNO2. The minimum atomic E-state index is -0.262. The molecule has 0 unspecified atom stereocenters. The van der Waals surface area contributed by atoms with Gasteiger partial charge < -0.3 is 10.1 Å². The molecule has 0 saturated carbocycles. The third-order valence-corrected chi connectivity index (χ3v) is 3.58. The molecule has 0 aliphatic rings. The zero-order valence-electron chi connectivity index (χ0n) is 13.8. The molecule has 0 aromatic heterocycles. The molecule has 1 amide bonds. The van der Waals surface area contributed by atoms with Crippen LogP contribution in [0.3, 0.4) is 0 Å². The van der Waals surface area contributed by atoms with E-state index in [9.17, 15) is 9.18 Å². The third kappa shape index (κ3) is 5.09. The van der Waals surface area contributed by atoms with E-state index in [2.05, 4.69) is 5.32 Å². The lowest BCUT2D eigenvalue weighted by molar-refractivity contribution is -0.123. The Bertz CT molecular complexity index is 675. The van der Waals surface area contributed by atoms with Crippen molar-refractivity contribution in [3.63, 3.8) is 0 Å². The number of rotatable bonds is 6. The van der Waals surface area contributed by atoms with Gasteiger partial charge in [-0.2, -0.15) is 0 Å². The van der Waals surface area contributed by atoms with Crippen LogP contribution in [0.15, 0.2) is 36.4 Å². The van der Waals surface area contributed by atoms with E-state index in [1.807, 2.05) is 39.0 Å². The van der Waals surface area contributed by atoms with E-state index < -0.39 is 0 Å². The van der Waals surface area contributed by atoms with Gasteiger partial charge in [0.2, 0.25) is 0 Å². The van der Waals surface area contributed by atoms with Crippen LogP contribution in [-0.2, 0) is 11.2 Å². The molecule has 2 aromatic carbocycles. The van der Waals surface area contributed by atoms with Crippen LogP contribution in [0, 0.1) is 26.6 Å². The van der Waals surface area contributed by atoms with Crippen molar-refractivity contribution in [2.45, 2.75) is 27.2 Å². The minimum Gasteiger partial charge on any atom is -0.483 e. The summed E-state index contributed by atoms with van der Waals surface area (Å²) in [5.41, 5.74) is 4.08. The summed E-state index contributed by atoms with van der Waals surface area (Å²) >= 11 is 0. The fourth-order valence-corrected chi connectivity index (χ4v) is 2.62. The second-order valence-corrected chi connectivity index (χ2v) is 5.75. The lowest BCUT2D eigenvalue weighted by Gasteiger charge is -2.13. The summed E-state index contributed by atoms with van der Waals surface area (Å²) in [5, 5.41) is 2.78. The zero-order valence-corrected chi connectivity index (χ0v) is 13.8. The van der Waals surface area contributed by atoms with Gasteiger partial charge in [-0.05, 0) is 56.0 Å². The first kappa shape index (κ1) is 17.0. The number of benzene rings is 2. The third-order valence-electron chi connectivity index (χ3n) is 3.58. The molecule has 23 heavy (non-hydrogen) atoms. The summed E-state index contributed by atoms with van der Waals surface area (Å²) in [7, 11) is 0. The molecule has 0 bridgehead atoms. The van der Waals surface area contributed by atoms with Crippen molar-refractivity contribution in [1.82, 2.24) is 5.32 Å². The molecule has 0 atom stereocenters. The van der Waals surface area contributed by atoms with Gasteiger partial charge >= 0.3 is 0 Å². The molecule has 1 N–H and O–H groups in total. The van der Waals surface area contributed by atoms with Crippen LogP contribution in [0.2, 0.25) is 0 Å². The number of amides is 1. The molecule has 0 heterocycles. The Balaban J connectivity index is 1.79. The van der Waals surface area contributed by atoms with Crippen molar-refractivity contribution in [2.75, 3.05) is 13.2 Å². The van der Waals surface area contributed by atoms with Gasteiger partial charge in [-0.1, -0.05) is 29.8 Å². The van der Waals surface area contributed by atoms with Gasteiger partial charge in [0, 0.05) is 6.54 Å². The van der Waals surface area contributed by atoms with Gasteiger partial charge in [-0.25, -0.2) is 4.39 Å². The molecule has 3 nitrogen and oxygen atoms in total. The molecule has 0 saturated heterocycles. The largest absolute Gasteiger partial charge is 0.483 e. The lowest BCUT2D eigenvalue weighted by atomic mass is 10.1. The van der Waals surface area contributed by atoms with Gasteiger partial charge in [0.05, 0.1) is 0 Å². The van der Waals surface area contributed by atoms with Crippen molar-refractivity contribution in [1.29, 1.82) is 0 Å². The summed E-state index contributed by atoms with van der Waals surface area (Å²) in [5.74, 6) is 0.319. The van der Waals surface area contributed by atoms with Gasteiger partial charge in [-0.3, -0.25) is 4.79 Å². The average Bonchev–Trinajstić information content (AvgIpc) is 2.46. The SMILES string of the molecule is Cc1cc(C)c(OCC(=O)NCCc2cccc(F)c2)c(C)c1. The Hall–Kier alpha value is -2.36. The molecule has 0 aliphatic carbocycles. The molecule has 4 heteroatoms. The van der Waals surface area contributed by atoms with Gasteiger partial charge in [0.15, 0.2) is 6.61 Å². The second-order valence-electron chi connectivity index (χ2n) is 5.75. The molecule has 0 spiro atoms. The number of carbonyl (C=O) groups is 1. The monoisotopic (exact) mass is 315 g/mol. The lowest BCUT2D eigenvalue weighted by Crippen LogP contribution is -2.30. The highest BCUT2D eigenvalue weighted by molar-refractivity contribution is 5.77. The van der Waals surface area contributed by atoms with E-state index in [0.29, 0.717) is 13.0 Å². The quantitative estimate of drug-likeness (QED) is 0.886. The van der Waals surface area contributed by atoms with Crippen LogP contribution in [0.1, 0.15) is 22.3 Å².